The number of rotatable bonds is 4. The molecule has 0 saturated carbocycles. The summed E-state index contributed by atoms with van der Waals surface area (Å²) in [6, 6.07) is 5.92. The number of hydrogen-bond donors (Lipinski definition) is 1. The third-order valence-electron chi connectivity index (χ3n) is 5.82. The zero-order valence-electron chi connectivity index (χ0n) is 17.1. The lowest BCUT2D eigenvalue weighted by molar-refractivity contribution is 0.196. The van der Waals surface area contributed by atoms with E-state index in [1.807, 2.05) is 24.0 Å². The Morgan fingerprint density at radius 2 is 2.00 bits per heavy atom. The highest BCUT2D eigenvalue weighted by Gasteiger charge is 2.45. The van der Waals surface area contributed by atoms with Crippen LogP contribution in [0.15, 0.2) is 30.6 Å². The number of nitrogens with zero attached hydrogens (tertiary/aromatic N) is 4. The van der Waals surface area contributed by atoms with Crippen LogP contribution in [0.1, 0.15) is 24.0 Å². The van der Waals surface area contributed by atoms with Crippen molar-refractivity contribution < 1.29 is 13.2 Å². The molecule has 1 aromatic heterocycles. The van der Waals surface area contributed by atoms with Crippen LogP contribution in [0, 0.1) is 12.3 Å². The third kappa shape index (κ3) is 4.79. The van der Waals surface area contributed by atoms with Gasteiger partial charge in [0.2, 0.25) is 10.0 Å². The van der Waals surface area contributed by atoms with E-state index in [4.69, 9.17) is 11.6 Å². The monoisotopic (exact) mass is 451 g/mol. The van der Waals surface area contributed by atoms with Gasteiger partial charge in [-0.3, -0.25) is 9.62 Å². The molecule has 2 aromatic rings. The fourth-order valence-corrected chi connectivity index (χ4v) is 5.44. The zero-order chi connectivity index (χ0) is 21.5. The van der Waals surface area contributed by atoms with E-state index in [-0.39, 0.29) is 17.1 Å². The second-order valence-corrected chi connectivity index (χ2v) is 10.8. The maximum atomic E-state index is 12.8. The molecule has 0 bridgehead atoms. The van der Waals surface area contributed by atoms with Crippen molar-refractivity contribution in [2.75, 3.05) is 37.2 Å². The van der Waals surface area contributed by atoms with Crippen molar-refractivity contribution in [3.8, 4) is 0 Å². The highest BCUT2D eigenvalue weighted by atomic mass is 35.5. The van der Waals surface area contributed by atoms with E-state index in [1.165, 1.54) is 22.6 Å². The molecule has 2 aliphatic rings. The van der Waals surface area contributed by atoms with E-state index in [1.54, 1.807) is 0 Å². The molecule has 10 heteroatoms. The zero-order valence-corrected chi connectivity index (χ0v) is 18.7. The predicted molar refractivity (Wildman–Crippen MR) is 116 cm³/mol. The van der Waals surface area contributed by atoms with E-state index >= 15 is 0 Å². The standard InChI is InChI=1S/C20H26ClN5O3S/c1-15-7-16(9-17(21)8-15)11-24-5-3-20(13-24)4-6-25(14-20)19(27)26-12-18(10-22-26)23-30(2,28)29/h7-10,12,23H,3-6,11,13-14H2,1-2H3. The molecular weight excluding hydrogens is 426 g/mol. The number of likely N-dealkylation sites (tertiary alicyclic amines) is 2. The summed E-state index contributed by atoms with van der Waals surface area (Å²) in [7, 11) is -3.41. The number of aromatic nitrogens is 2. The minimum Gasteiger partial charge on any atom is -0.322 e. The molecule has 4 rings (SSSR count). The molecule has 1 aromatic carbocycles. The summed E-state index contributed by atoms with van der Waals surface area (Å²) >= 11 is 6.20. The first kappa shape index (κ1) is 21.1. The first-order chi connectivity index (χ1) is 14.1. The smallest absolute Gasteiger partial charge is 0.322 e. The first-order valence-corrected chi connectivity index (χ1v) is 12.2. The molecule has 1 N–H and O–H groups in total. The van der Waals surface area contributed by atoms with Crippen LogP contribution in [-0.2, 0) is 16.6 Å². The number of anilines is 1. The maximum absolute atomic E-state index is 12.8. The SMILES string of the molecule is Cc1cc(Cl)cc(CN2CCC3(CCN(C(=O)n4cc(NS(C)(=O)=O)cn4)C3)C2)c1. The van der Waals surface area contributed by atoms with Crippen molar-refractivity contribution >= 4 is 33.3 Å². The van der Waals surface area contributed by atoms with Gasteiger partial charge in [-0.25, -0.2) is 13.2 Å². The van der Waals surface area contributed by atoms with Gasteiger partial charge in [-0.05, 0) is 49.6 Å². The van der Waals surface area contributed by atoms with E-state index in [0.717, 1.165) is 49.3 Å². The first-order valence-electron chi connectivity index (χ1n) is 9.91. The maximum Gasteiger partial charge on any atom is 0.344 e. The van der Waals surface area contributed by atoms with Gasteiger partial charge >= 0.3 is 6.03 Å². The minimum atomic E-state index is -3.41. The van der Waals surface area contributed by atoms with Crippen molar-refractivity contribution in [3.63, 3.8) is 0 Å². The predicted octanol–water partition coefficient (Wildman–Crippen LogP) is 2.78. The molecule has 1 unspecified atom stereocenters. The van der Waals surface area contributed by atoms with Crippen LogP contribution in [0.25, 0.3) is 0 Å². The Kier molecular flexibility index (Phi) is 5.54. The Labute approximate surface area is 181 Å². The minimum absolute atomic E-state index is 0.101. The van der Waals surface area contributed by atoms with Crippen LogP contribution >= 0.6 is 11.6 Å². The van der Waals surface area contributed by atoms with Crippen LogP contribution in [0.3, 0.4) is 0 Å². The second-order valence-electron chi connectivity index (χ2n) is 8.60. The molecular formula is C20H26ClN5O3S. The van der Waals surface area contributed by atoms with Gasteiger partial charge in [0.15, 0.2) is 0 Å². The summed E-state index contributed by atoms with van der Waals surface area (Å²) in [6.45, 7) is 6.22. The quantitative estimate of drug-likeness (QED) is 0.772. The number of amides is 1. The summed E-state index contributed by atoms with van der Waals surface area (Å²) in [4.78, 5) is 17.1. The second kappa shape index (κ2) is 7.86. The summed E-state index contributed by atoms with van der Waals surface area (Å²) in [5.74, 6) is 0. The molecule has 30 heavy (non-hydrogen) atoms. The fourth-order valence-electron chi connectivity index (χ4n) is 4.59. The lowest BCUT2D eigenvalue weighted by Crippen LogP contribution is -2.36. The number of nitrogens with one attached hydrogen (secondary N) is 1. The number of carbonyl (C=O) groups excluding carboxylic acids is 1. The van der Waals surface area contributed by atoms with Crippen LogP contribution < -0.4 is 4.72 Å². The number of sulfonamides is 1. The van der Waals surface area contributed by atoms with Gasteiger partial charge in [0, 0.05) is 36.6 Å². The van der Waals surface area contributed by atoms with E-state index in [0.29, 0.717) is 13.1 Å². The molecule has 2 saturated heterocycles. The molecule has 0 radical (unpaired) electrons. The number of aryl methyl sites for hydroxylation is 1. The molecule has 0 aliphatic carbocycles. The van der Waals surface area contributed by atoms with Crippen molar-refractivity contribution in [2.24, 2.45) is 5.41 Å². The van der Waals surface area contributed by atoms with Gasteiger partial charge in [0.1, 0.15) is 0 Å². The van der Waals surface area contributed by atoms with Crippen LogP contribution in [0.4, 0.5) is 10.5 Å². The van der Waals surface area contributed by atoms with Crippen molar-refractivity contribution in [3.05, 3.63) is 46.7 Å². The summed E-state index contributed by atoms with van der Waals surface area (Å²) in [5, 5.41) is 4.79. The Morgan fingerprint density at radius 3 is 2.73 bits per heavy atom. The summed E-state index contributed by atoms with van der Waals surface area (Å²) in [6.07, 6.45) is 5.83. The molecule has 3 heterocycles. The number of hydrogen-bond acceptors (Lipinski definition) is 5. The van der Waals surface area contributed by atoms with Crippen molar-refractivity contribution in [1.29, 1.82) is 0 Å². The Balaban J connectivity index is 1.37. The normalized spacial score (nSPS) is 22.2. The lowest BCUT2D eigenvalue weighted by Gasteiger charge is -2.24. The van der Waals surface area contributed by atoms with Crippen LogP contribution in [0.2, 0.25) is 5.02 Å². The molecule has 1 spiro atoms. The van der Waals surface area contributed by atoms with E-state index < -0.39 is 10.0 Å². The average Bonchev–Trinajstić information content (AvgIpc) is 3.34. The molecule has 2 aliphatic heterocycles. The van der Waals surface area contributed by atoms with Gasteiger partial charge in [0.05, 0.1) is 24.3 Å². The molecule has 2 fully saturated rings. The van der Waals surface area contributed by atoms with Crippen molar-refractivity contribution in [1.82, 2.24) is 19.6 Å². The Hall–Kier alpha value is -2.10. The number of halogens is 1. The Morgan fingerprint density at radius 1 is 1.23 bits per heavy atom. The summed E-state index contributed by atoms with van der Waals surface area (Å²) in [5.41, 5.74) is 2.76. The largest absolute Gasteiger partial charge is 0.344 e. The average molecular weight is 452 g/mol. The topological polar surface area (TPSA) is 87.5 Å². The Bertz CT molecular complexity index is 1050. The van der Waals surface area contributed by atoms with Gasteiger partial charge in [-0.2, -0.15) is 9.78 Å². The van der Waals surface area contributed by atoms with E-state index in [9.17, 15) is 13.2 Å². The van der Waals surface area contributed by atoms with Gasteiger partial charge in [0.25, 0.3) is 0 Å². The molecule has 162 valence electrons. The van der Waals surface area contributed by atoms with Crippen LogP contribution in [0.5, 0.6) is 0 Å². The molecule has 8 nitrogen and oxygen atoms in total. The highest BCUT2D eigenvalue weighted by Crippen LogP contribution is 2.40. The van der Waals surface area contributed by atoms with Gasteiger partial charge in [-0.1, -0.05) is 17.7 Å². The van der Waals surface area contributed by atoms with Gasteiger partial charge in [-0.15, -0.1) is 0 Å². The third-order valence-corrected chi connectivity index (χ3v) is 6.64. The van der Waals surface area contributed by atoms with Crippen LogP contribution in [-0.4, -0.2) is 66.5 Å². The molecule has 1 atom stereocenters. The summed E-state index contributed by atoms with van der Waals surface area (Å²) < 4.78 is 26.2. The highest BCUT2D eigenvalue weighted by molar-refractivity contribution is 7.92. The van der Waals surface area contributed by atoms with E-state index in [2.05, 4.69) is 20.8 Å². The van der Waals surface area contributed by atoms with Gasteiger partial charge < -0.3 is 4.90 Å². The lowest BCUT2D eigenvalue weighted by atomic mass is 9.86. The number of carbonyl (C=O) groups is 1. The molecule has 1 amide bonds. The van der Waals surface area contributed by atoms with Crippen molar-refractivity contribution in [2.45, 2.75) is 26.3 Å². The fraction of sp³-hybridized carbons (Fsp3) is 0.500. The number of benzene rings is 1.